The van der Waals surface area contributed by atoms with Crippen LogP contribution in [0.3, 0.4) is 0 Å². The van der Waals surface area contributed by atoms with Gasteiger partial charge in [0.05, 0.1) is 7.11 Å². The minimum absolute atomic E-state index is 0.292. The fourth-order valence-electron chi connectivity index (χ4n) is 3.50. The van der Waals surface area contributed by atoms with Gasteiger partial charge in [0.25, 0.3) is 0 Å². The molecule has 0 aromatic heterocycles. The maximum Gasteiger partial charge on any atom is 0.411 e. The second kappa shape index (κ2) is 6.93. The third-order valence-corrected chi connectivity index (χ3v) is 4.84. The van der Waals surface area contributed by atoms with Crippen molar-refractivity contribution < 1.29 is 14.3 Å². The van der Waals surface area contributed by atoms with Crippen LogP contribution in [-0.4, -0.2) is 43.8 Å². The zero-order valence-electron chi connectivity index (χ0n) is 13.3. The highest BCUT2D eigenvalue weighted by molar-refractivity contribution is 5.84. The highest BCUT2D eigenvalue weighted by Crippen LogP contribution is 2.35. The second-order valence-electron chi connectivity index (χ2n) is 6.16. The van der Waals surface area contributed by atoms with Gasteiger partial charge < -0.3 is 9.47 Å². The van der Waals surface area contributed by atoms with E-state index >= 15 is 0 Å². The molecule has 5 heteroatoms. The normalized spacial score (nSPS) is 28.7. The van der Waals surface area contributed by atoms with E-state index in [0.29, 0.717) is 30.2 Å². The van der Waals surface area contributed by atoms with E-state index in [9.17, 15) is 4.79 Å². The van der Waals surface area contributed by atoms with Crippen LogP contribution in [0.15, 0.2) is 24.3 Å². The van der Waals surface area contributed by atoms with Crippen molar-refractivity contribution >= 4 is 11.8 Å². The number of methoxy groups -OCH3 is 1. The van der Waals surface area contributed by atoms with Crippen molar-refractivity contribution in [1.82, 2.24) is 4.90 Å². The Labute approximate surface area is 136 Å². The maximum absolute atomic E-state index is 11.9. The average Bonchev–Trinajstić information content (AvgIpc) is 2.61. The molecule has 0 aliphatic carbocycles. The van der Waals surface area contributed by atoms with E-state index in [-0.39, 0.29) is 0 Å². The number of hydrogen-bond donors (Lipinski definition) is 1. The van der Waals surface area contributed by atoms with E-state index < -0.39 is 6.09 Å². The van der Waals surface area contributed by atoms with Crippen LogP contribution in [-0.2, 0) is 4.74 Å². The van der Waals surface area contributed by atoms with Gasteiger partial charge in [0, 0.05) is 24.2 Å². The third kappa shape index (κ3) is 3.59. The highest BCUT2D eigenvalue weighted by atomic mass is 16.5. The Hall–Kier alpha value is -2.19. The minimum atomic E-state index is -0.425. The van der Waals surface area contributed by atoms with Crippen LogP contribution in [0.4, 0.5) is 10.5 Å². The Bertz CT molecular complexity index is 593. The van der Waals surface area contributed by atoms with Gasteiger partial charge in [-0.1, -0.05) is 0 Å². The average molecular weight is 314 g/mol. The molecule has 0 radical (unpaired) electrons. The van der Waals surface area contributed by atoms with Crippen molar-refractivity contribution in [3.05, 3.63) is 24.3 Å². The van der Waals surface area contributed by atoms with E-state index in [2.05, 4.69) is 16.1 Å². The third-order valence-electron chi connectivity index (χ3n) is 4.84. The van der Waals surface area contributed by atoms with Gasteiger partial charge in [-0.3, -0.25) is 10.2 Å². The smallest absolute Gasteiger partial charge is 0.411 e. The summed E-state index contributed by atoms with van der Waals surface area (Å²) in [6.07, 6.45) is 7.33. The predicted octanol–water partition coefficient (Wildman–Crippen LogP) is 2.59. The number of benzene rings is 1. The van der Waals surface area contributed by atoms with Gasteiger partial charge in [-0.05, 0) is 49.6 Å². The molecule has 1 amide bonds. The maximum atomic E-state index is 11.9. The monoisotopic (exact) mass is 314 g/mol. The van der Waals surface area contributed by atoms with Gasteiger partial charge in [0.15, 0.2) is 0 Å². The summed E-state index contributed by atoms with van der Waals surface area (Å²) in [5.74, 6) is 4.57. The molecule has 2 bridgehead atoms. The number of terminal acetylenes is 1. The summed E-state index contributed by atoms with van der Waals surface area (Å²) in [6, 6.07) is 7.44. The van der Waals surface area contributed by atoms with E-state index in [1.165, 1.54) is 0 Å². The standard InChI is InChI=1S/C18H22N2O3/c1-3-13-11-20-9-8-14(13)10-16(20)12-23-18(21)19-15-4-6-17(22-2)7-5-15/h1,4-7,13-14,16H,8-12H2,2H3,(H,19,21)/t13-,14+,16+/m0/s1. The molecule has 4 rings (SSSR count). The first kappa shape index (κ1) is 15.7. The molecule has 3 fully saturated rings. The van der Waals surface area contributed by atoms with Crippen LogP contribution in [0.1, 0.15) is 12.8 Å². The summed E-state index contributed by atoms with van der Waals surface area (Å²) in [6.45, 7) is 2.39. The molecular weight excluding hydrogens is 292 g/mol. The van der Waals surface area contributed by atoms with Crippen molar-refractivity contribution in [3.8, 4) is 18.1 Å². The number of fused-ring (bicyclic) bond motifs is 3. The van der Waals surface area contributed by atoms with Crippen LogP contribution in [0.25, 0.3) is 0 Å². The molecule has 1 aromatic carbocycles. The van der Waals surface area contributed by atoms with Crippen molar-refractivity contribution in [2.24, 2.45) is 11.8 Å². The lowest BCUT2D eigenvalue weighted by atomic mass is 9.76. The molecule has 1 unspecified atom stereocenters. The first-order valence-electron chi connectivity index (χ1n) is 7.97. The Morgan fingerprint density at radius 3 is 2.83 bits per heavy atom. The van der Waals surface area contributed by atoms with Gasteiger partial charge in [-0.25, -0.2) is 4.79 Å². The summed E-state index contributed by atoms with van der Waals surface area (Å²) < 4.78 is 10.5. The molecule has 1 N–H and O–H groups in total. The SMILES string of the molecule is C#C[C@H]1CN2CC[C@@H]1C[C@@H]2COC(=O)Nc1ccc(OC)cc1. The van der Waals surface area contributed by atoms with Crippen LogP contribution in [0.2, 0.25) is 0 Å². The molecular formula is C18H22N2O3. The summed E-state index contributed by atoms with van der Waals surface area (Å²) >= 11 is 0. The Morgan fingerprint density at radius 2 is 2.22 bits per heavy atom. The molecule has 1 aromatic rings. The number of carbonyl (C=O) groups is 1. The van der Waals surface area contributed by atoms with Gasteiger partial charge in [0.1, 0.15) is 12.4 Å². The van der Waals surface area contributed by atoms with Gasteiger partial charge in [-0.15, -0.1) is 12.3 Å². The highest BCUT2D eigenvalue weighted by Gasteiger charge is 2.39. The first-order chi connectivity index (χ1) is 11.2. The number of rotatable bonds is 4. The van der Waals surface area contributed by atoms with Crippen molar-refractivity contribution in [1.29, 1.82) is 0 Å². The Balaban J connectivity index is 1.47. The second-order valence-corrected chi connectivity index (χ2v) is 6.16. The number of anilines is 1. The number of nitrogens with zero attached hydrogens (tertiary/aromatic N) is 1. The van der Waals surface area contributed by atoms with E-state index in [1.807, 2.05) is 0 Å². The van der Waals surface area contributed by atoms with Gasteiger partial charge in [-0.2, -0.15) is 0 Å². The van der Waals surface area contributed by atoms with Crippen LogP contribution in [0.5, 0.6) is 5.75 Å². The zero-order valence-corrected chi connectivity index (χ0v) is 13.3. The summed E-state index contributed by atoms with van der Waals surface area (Å²) in [7, 11) is 1.61. The quantitative estimate of drug-likeness (QED) is 0.868. The summed E-state index contributed by atoms with van der Waals surface area (Å²) in [5, 5.41) is 2.73. The number of nitrogens with one attached hydrogen (secondary N) is 1. The summed E-state index contributed by atoms with van der Waals surface area (Å²) in [4.78, 5) is 14.3. The number of carbonyl (C=O) groups excluding carboxylic acids is 1. The first-order valence-corrected chi connectivity index (χ1v) is 7.97. The van der Waals surface area contributed by atoms with Crippen molar-refractivity contribution in [2.45, 2.75) is 18.9 Å². The van der Waals surface area contributed by atoms with E-state index in [4.69, 9.17) is 15.9 Å². The number of amides is 1. The molecule has 23 heavy (non-hydrogen) atoms. The number of ether oxygens (including phenoxy) is 2. The lowest BCUT2D eigenvalue weighted by Crippen LogP contribution is -2.54. The van der Waals surface area contributed by atoms with Crippen LogP contribution in [0, 0.1) is 24.2 Å². The molecule has 3 heterocycles. The molecule has 3 saturated heterocycles. The molecule has 0 spiro atoms. The lowest BCUT2D eigenvalue weighted by Gasteiger charge is -2.48. The van der Waals surface area contributed by atoms with E-state index in [1.54, 1.807) is 31.4 Å². The lowest BCUT2D eigenvalue weighted by molar-refractivity contribution is -0.00665. The molecule has 122 valence electrons. The molecule has 3 aliphatic rings. The van der Waals surface area contributed by atoms with Crippen molar-refractivity contribution in [2.75, 3.05) is 32.1 Å². The van der Waals surface area contributed by atoms with Gasteiger partial charge >= 0.3 is 6.09 Å². The molecule has 0 saturated carbocycles. The van der Waals surface area contributed by atoms with Crippen molar-refractivity contribution in [3.63, 3.8) is 0 Å². The van der Waals surface area contributed by atoms with Crippen LogP contribution < -0.4 is 10.1 Å². The minimum Gasteiger partial charge on any atom is -0.497 e. The van der Waals surface area contributed by atoms with Crippen LogP contribution >= 0.6 is 0 Å². The largest absolute Gasteiger partial charge is 0.497 e. The predicted molar refractivity (Wildman–Crippen MR) is 88.4 cm³/mol. The Morgan fingerprint density at radius 1 is 1.43 bits per heavy atom. The number of hydrogen-bond acceptors (Lipinski definition) is 4. The van der Waals surface area contributed by atoms with Gasteiger partial charge in [0.2, 0.25) is 0 Å². The fourth-order valence-corrected chi connectivity index (χ4v) is 3.50. The molecule has 4 atom stereocenters. The molecule has 3 aliphatic heterocycles. The Kier molecular flexibility index (Phi) is 4.73. The fraction of sp³-hybridized carbons (Fsp3) is 0.500. The zero-order chi connectivity index (χ0) is 16.2. The summed E-state index contributed by atoms with van der Waals surface area (Å²) in [5.41, 5.74) is 0.689. The number of piperidine rings is 3. The molecule has 5 nitrogen and oxygen atoms in total. The van der Waals surface area contributed by atoms with E-state index in [0.717, 1.165) is 31.7 Å². The topological polar surface area (TPSA) is 50.8 Å².